The molecule has 2 aromatic carbocycles. The van der Waals surface area contributed by atoms with Crippen LogP contribution in [0.2, 0.25) is 0 Å². The quantitative estimate of drug-likeness (QED) is 0.496. The van der Waals surface area contributed by atoms with E-state index in [0.29, 0.717) is 5.56 Å². The molecule has 0 radical (unpaired) electrons. The van der Waals surface area contributed by atoms with Crippen molar-refractivity contribution in [3.63, 3.8) is 0 Å². The van der Waals surface area contributed by atoms with Gasteiger partial charge in [0.1, 0.15) is 0 Å². The van der Waals surface area contributed by atoms with E-state index in [1.165, 1.54) is 60.2 Å². The molecule has 30 heavy (non-hydrogen) atoms. The second kappa shape index (κ2) is 9.48. The van der Waals surface area contributed by atoms with Gasteiger partial charge in [0.25, 0.3) is 0 Å². The highest BCUT2D eigenvalue weighted by atomic mass is 16.1. The number of nitrogens with two attached hydrogens (primary N) is 1. The smallest absolute Gasteiger partial charge is 0.248 e. The molecule has 158 valence electrons. The summed E-state index contributed by atoms with van der Waals surface area (Å²) in [4.78, 5) is 13.9. The number of rotatable bonds is 7. The molecule has 0 saturated heterocycles. The van der Waals surface area contributed by atoms with Gasteiger partial charge in [-0.1, -0.05) is 17.7 Å². The Morgan fingerprint density at radius 3 is 2.77 bits per heavy atom. The maximum absolute atomic E-state index is 11.5. The monoisotopic (exact) mass is 403 g/mol. The molecule has 0 bridgehead atoms. The number of fused-ring (bicyclic) bond motifs is 1. The van der Waals surface area contributed by atoms with E-state index >= 15 is 0 Å². The van der Waals surface area contributed by atoms with E-state index < -0.39 is 0 Å². The van der Waals surface area contributed by atoms with Crippen molar-refractivity contribution in [2.45, 2.75) is 58.4 Å². The fourth-order valence-corrected chi connectivity index (χ4v) is 4.67. The first kappa shape index (κ1) is 20.7. The summed E-state index contributed by atoms with van der Waals surface area (Å²) >= 11 is 0. The van der Waals surface area contributed by atoms with Crippen molar-refractivity contribution in [1.82, 2.24) is 5.32 Å². The third-order valence-electron chi connectivity index (χ3n) is 6.44. The van der Waals surface area contributed by atoms with Crippen LogP contribution in [0.5, 0.6) is 0 Å². The Morgan fingerprint density at radius 1 is 1.10 bits per heavy atom. The van der Waals surface area contributed by atoms with Gasteiger partial charge in [-0.15, -0.1) is 0 Å². The molecular formula is C26H33N3O. The zero-order valence-electron chi connectivity index (χ0n) is 18.0. The molecule has 1 aliphatic carbocycles. The van der Waals surface area contributed by atoms with Crippen LogP contribution in [-0.4, -0.2) is 19.0 Å². The van der Waals surface area contributed by atoms with E-state index in [4.69, 9.17) is 5.73 Å². The predicted molar refractivity (Wildman–Crippen MR) is 124 cm³/mol. The molecule has 1 heterocycles. The Morgan fingerprint density at radius 2 is 2.00 bits per heavy atom. The molecular weight excluding hydrogens is 370 g/mol. The second-order valence-corrected chi connectivity index (χ2v) is 8.61. The lowest BCUT2D eigenvalue weighted by atomic mass is 9.97. The first-order valence-electron chi connectivity index (χ1n) is 11.3. The molecule has 0 fully saturated rings. The van der Waals surface area contributed by atoms with Crippen LogP contribution < -0.4 is 16.0 Å². The zero-order chi connectivity index (χ0) is 20.9. The average molecular weight is 404 g/mol. The molecule has 0 aromatic heterocycles. The fourth-order valence-electron chi connectivity index (χ4n) is 4.67. The summed E-state index contributed by atoms with van der Waals surface area (Å²) in [6, 6.07) is 12.6. The molecule has 2 aliphatic rings. The minimum Gasteiger partial charge on any atom is -0.366 e. The summed E-state index contributed by atoms with van der Waals surface area (Å²) in [5.41, 5.74) is 14.0. The topological polar surface area (TPSA) is 58.4 Å². The van der Waals surface area contributed by atoms with Gasteiger partial charge < -0.3 is 16.0 Å². The number of allylic oxidation sites excluding steroid dienone is 1. The second-order valence-electron chi connectivity index (χ2n) is 8.61. The summed E-state index contributed by atoms with van der Waals surface area (Å²) in [6.07, 6.45) is 10.9. The highest BCUT2D eigenvalue weighted by Gasteiger charge is 2.20. The highest BCUT2D eigenvalue weighted by molar-refractivity contribution is 5.93. The summed E-state index contributed by atoms with van der Waals surface area (Å²) < 4.78 is 0. The standard InChI is InChI=1S/C26H33N3O/c1-19-16-24(11-9-23(19)18-28-14-13-20-6-3-2-4-7-20)29-15-5-8-21-17-22(26(27)30)10-12-25(21)29/h6,9-12,16-17,28H,2-5,7-8,13-15,18H2,1H3,(H2,27,30). The van der Waals surface area contributed by atoms with E-state index in [-0.39, 0.29) is 5.91 Å². The largest absolute Gasteiger partial charge is 0.366 e. The van der Waals surface area contributed by atoms with Crippen molar-refractivity contribution in [2.24, 2.45) is 5.73 Å². The van der Waals surface area contributed by atoms with E-state index in [9.17, 15) is 4.79 Å². The van der Waals surface area contributed by atoms with Gasteiger partial charge in [0.15, 0.2) is 0 Å². The number of anilines is 2. The van der Waals surface area contributed by atoms with Crippen molar-refractivity contribution in [2.75, 3.05) is 18.0 Å². The SMILES string of the molecule is Cc1cc(N2CCCc3cc(C(N)=O)ccc32)ccc1CNCCC1=CCCCC1. The maximum atomic E-state index is 11.5. The number of nitrogens with zero attached hydrogens (tertiary/aromatic N) is 1. The average Bonchev–Trinajstić information content (AvgIpc) is 2.77. The number of nitrogens with one attached hydrogen (secondary N) is 1. The van der Waals surface area contributed by atoms with Crippen LogP contribution in [0.3, 0.4) is 0 Å². The lowest BCUT2D eigenvalue weighted by molar-refractivity contribution is 0.1000. The molecule has 0 spiro atoms. The van der Waals surface area contributed by atoms with Crippen molar-refractivity contribution < 1.29 is 4.79 Å². The van der Waals surface area contributed by atoms with E-state index in [2.05, 4.69) is 41.4 Å². The summed E-state index contributed by atoms with van der Waals surface area (Å²) in [6.45, 7) is 5.16. The van der Waals surface area contributed by atoms with Gasteiger partial charge in [-0.2, -0.15) is 0 Å². The van der Waals surface area contributed by atoms with Crippen LogP contribution in [0.25, 0.3) is 0 Å². The highest BCUT2D eigenvalue weighted by Crippen LogP contribution is 2.34. The number of aryl methyl sites for hydroxylation is 2. The molecule has 4 rings (SSSR count). The number of primary amides is 1. The first-order valence-corrected chi connectivity index (χ1v) is 11.3. The summed E-state index contributed by atoms with van der Waals surface area (Å²) in [7, 11) is 0. The zero-order valence-corrected chi connectivity index (χ0v) is 18.0. The Hall–Kier alpha value is -2.59. The van der Waals surface area contributed by atoms with Crippen molar-refractivity contribution in [1.29, 1.82) is 0 Å². The predicted octanol–water partition coefficient (Wildman–Crippen LogP) is 5.16. The molecule has 1 aliphatic heterocycles. The van der Waals surface area contributed by atoms with Crippen LogP contribution in [0.4, 0.5) is 11.4 Å². The lowest BCUT2D eigenvalue weighted by Gasteiger charge is -2.32. The minimum absolute atomic E-state index is 0.359. The summed E-state index contributed by atoms with van der Waals surface area (Å²) in [5.74, 6) is -0.359. The molecule has 0 unspecified atom stereocenters. The third-order valence-corrected chi connectivity index (χ3v) is 6.44. The Bertz CT molecular complexity index is 947. The van der Waals surface area contributed by atoms with Gasteiger partial charge in [-0.25, -0.2) is 0 Å². The normalized spacial score (nSPS) is 16.2. The number of carbonyl (C=O) groups excluding carboxylic acids is 1. The van der Waals surface area contributed by atoms with E-state index in [1.807, 2.05) is 18.2 Å². The number of carbonyl (C=O) groups is 1. The minimum atomic E-state index is -0.359. The number of hydrogen-bond acceptors (Lipinski definition) is 3. The number of amides is 1. The van der Waals surface area contributed by atoms with Gasteiger partial charge >= 0.3 is 0 Å². The number of hydrogen-bond donors (Lipinski definition) is 2. The van der Waals surface area contributed by atoms with Gasteiger partial charge in [-0.3, -0.25) is 4.79 Å². The van der Waals surface area contributed by atoms with Gasteiger partial charge in [-0.05, 0) is 105 Å². The molecule has 4 heteroatoms. The van der Waals surface area contributed by atoms with Crippen LogP contribution >= 0.6 is 0 Å². The van der Waals surface area contributed by atoms with Crippen LogP contribution in [-0.2, 0) is 13.0 Å². The van der Waals surface area contributed by atoms with E-state index in [0.717, 1.165) is 32.5 Å². The molecule has 3 N–H and O–H groups in total. The van der Waals surface area contributed by atoms with E-state index in [1.54, 1.807) is 5.57 Å². The first-order chi connectivity index (χ1) is 14.6. The maximum Gasteiger partial charge on any atom is 0.248 e. The third kappa shape index (κ3) is 4.76. The van der Waals surface area contributed by atoms with Crippen LogP contribution in [0.15, 0.2) is 48.0 Å². The molecule has 2 aromatic rings. The molecule has 0 atom stereocenters. The van der Waals surface area contributed by atoms with Crippen LogP contribution in [0, 0.1) is 6.92 Å². The lowest BCUT2D eigenvalue weighted by Crippen LogP contribution is -2.25. The van der Waals surface area contributed by atoms with Crippen LogP contribution in [0.1, 0.15) is 65.6 Å². The number of benzene rings is 2. The molecule has 1 amide bonds. The fraction of sp³-hybridized carbons (Fsp3) is 0.423. The van der Waals surface area contributed by atoms with Crippen molar-refractivity contribution >= 4 is 17.3 Å². The molecule has 4 nitrogen and oxygen atoms in total. The summed E-state index contributed by atoms with van der Waals surface area (Å²) in [5, 5.41) is 3.62. The van der Waals surface area contributed by atoms with Gasteiger partial charge in [0.2, 0.25) is 5.91 Å². The molecule has 0 saturated carbocycles. The van der Waals surface area contributed by atoms with Crippen molar-refractivity contribution in [3.05, 3.63) is 70.3 Å². The van der Waals surface area contributed by atoms with Gasteiger partial charge in [0.05, 0.1) is 0 Å². The Labute approximate surface area is 180 Å². The Kier molecular flexibility index (Phi) is 6.53. The van der Waals surface area contributed by atoms with Gasteiger partial charge in [0, 0.05) is 30.0 Å². The van der Waals surface area contributed by atoms with Crippen molar-refractivity contribution in [3.8, 4) is 0 Å². The Balaban J connectivity index is 1.41.